The predicted octanol–water partition coefficient (Wildman–Crippen LogP) is 1.88. The Balaban J connectivity index is 2.29. The maximum atomic E-state index is 11.7. The molecule has 0 atom stereocenters. The lowest BCUT2D eigenvalue weighted by molar-refractivity contribution is -0.384. The third-order valence-electron chi connectivity index (χ3n) is 2.36. The highest BCUT2D eigenvalue weighted by atomic mass is 16.6. The standard InChI is InChI=1S/C11H10N4O3/c1-7-2-3-9(10(4-7)15(17)18)14-11(16)8-5-12-13-6-8/h2-6H,1H3,(H,12,13)(H,14,16). The Morgan fingerprint density at radius 3 is 2.89 bits per heavy atom. The van der Waals surface area contributed by atoms with Crippen LogP contribution in [0, 0.1) is 17.0 Å². The molecule has 0 aliphatic rings. The first-order valence-electron chi connectivity index (χ1n) is 5.13. The van der Waals surface area contributed by atoms with E-state index in [-0.39, 0.29) is 11.4 Å². The summed E-state index contributed by atoms with van der Waals surface area (Å²) in [6, 6.07) is 4.61. The van der Waals surface area contributed by atoms with Crippen molar-refractivity contribution in [1.82, 2.24) is 10.2 Å². The number of nitrogens with zero attached hydrogens (tertiary/aromatic N) is 2. The Kier molecular flexibility index (Phi) is 3.05. The number of nitrogens with one attached hydrogen (secondary N) is 2. The lowest BCUT2D eigenvalue weighted by atomic mass is 10.2. The number of aromatic nitrogens is 2. The molecule has 0 saturated carbocycles. The Morgan fingerprint density at radius 2 is 2.28 bits per heavy atom. The van der Waals surface area contributed by atoms with Gasteiger partial charge in [-0.15, -0.1) is 0 Å². The van der Waals surface area contributed by atoms with Crippen LogP contribution in [0.5, 0.6) is 0 Å². The van der Waals surface area contributed by atoms with Gasteiger partial charge in [-0.1, -0.05) is 6.07 Å². The number of benzene rings is 1. The molecule has 1 aromatic carbocycles. The van der Waals surface area contributed by atoms with Crippen LogP contribution in [0.2, 0.25) is 0 Å². The van der Waals surface area contributed by atoms with Gasteiger partial charge in [-0.3, -0.25) is 20.0 Å². The van der Waals surface area contributed by atoms with Gasteiger partial charge in [0.1, 0.15) is 5.69 Å². The second kappa shape index (κ2) is 4.66. The lowest BCUT2D eigenvalue weighted by Crippen LogP contribution is -2.12. The number of carbonyl (C=O) groups excluding carboxylic acids is 1. The third-order valence-corrected chi connectivity index (χ3v) is 2.36. The summed E-state index contributed by atoms with van der Waals surface area (Å²) in [5, 5.41) is 19.5. The maximum Gasteiger partial charge on any atom is 0.293 e. The highest BCUT2D eigenvalue weighted by Crippen LogP contribution is 2.25. The number of carbonyl (C=O) groups is 1. The molecule has 7 nitrogen and oxygen atoms in total. The molecular formula is C11H10N4O3. The fourth-order valence-corrected chi connectivity index (χ4v) is 1.47. The van der Waals surface area contributed by atoms with E-state index >= 15 is 0 Å². The molecule has 1 amide bonds. The van der Waals surface area contributed by atoms with Gasteiger partial charge in [0.05, 0.1) is 16.7 Å². The molecular weight excluding hydrogens is 236 g/mol. The molecule has 0 unspecified atom stereocenters. The van der Waals surface area contributed by atoms with Gasteiger partial charge in [0, 0.05) is 12.3 Å². The van der Waals surface area contributed by atoms with Crippen LogP contribution in [-0.4, -0.2) is 21.0 Å². The fourth-order valence-electron chi connectivity index (χ4n) is 1.47. The molecule has 18 heavy (non-hydrogen) atoms. The molecule has 0 radical (unpaired) electrons. The minimum atomic E-state index is -0.530. The molecule has 2 N–H and O–H groups in total. The summed E-state index contributed by atoms with van der Waals surface area (Å²) in [4.78, 5) is 22.1. The zero-order valence-corrected chi connectivity index (χ0v) is 9.51. The van der Waals surface area contributed by atoms with E-state index in [1.54, 1.807) is 13.0 Å². The van der Waals surface area contributed by atoms with Crippen molar-refractivity contribution in [1.29, 1.82) is 0 Å². The van der Waals surface area contributed by atoms with Crippen LogP contribution >= 0.6 is 0 Å². The van der Waals surface area contributed by atoms with Gasteiger partial charge >= 0.3 is 0 Å². The predicted molar refractivity (Wildman–Crippen MR) is 64.4 cm³/mol. The molecule has 1 aromatic heterocycles. The average molecular weight is 246 g/mol. The number of H-pyrrole nitrogens is 1. The zero-order valence-electron chi connectivity index (χ0n) is 9.51. The van der Waals surface area contributed by atoms with Gasteiger partial charge in [0.2, 0.25) is 0 Å². The molecule has 1 heterocycles. The van der Waals surface area contributed by atoms with Crippen molar-refractivity contribution in [2.24, 2.45) is 0 Å². The van der Waals surface area contributed by atoms with Crippen molar-refractivity contribution >= 4 is 17.3 Å². The maximum absolute atomic E-state index is 11.7. The summed E-state index contributed by atoms with van der Waals surface area (Å²) in [6.45, 7) is 1.74. The molecule has 7 heteroatoms. The first-order chi connectivity index (χ1) is 8.58. The second-order valence-electron chi connectivity index (χ2n) is 3.72. The van der Waals surface area contributed by atoms with Crippen LogP contribution in [0.1, 0.15) is 15.9 Å². The van der Waals surface area contributed by atoms with E-state index in [1.807, 2.05) is 0 Å². The van der Waals surface area contributed by atoms with E-state index in [9.17, 15) is 14.9 Å². The van der Waals surface area contributed by atoms with Gasteiger partial charge in [-0.2, -0.15) is 5.10 Å². The van der Waals surface area contributed by atoms with E-state index in [4.69, 9.17) is 0 Å². The van der Waals surface area contributed by atoms with Gasteiger partial charge in [-0.25, -0.2) is 0 Å². The molecule has 0 aliphatic carbocycles. The number of nitro benzene ring substituents is 1. The quantitative estimate of drug-likeness (QED) is 0.637. The highest BCUT2D eigenvalue weighted by molar-refractivity contribution is 6.05. The van der Waals surface area contributed by atoms with Crippen LogP contribution in [0.4, 0.5) is 11.4 Å². The summed E-state index contributed by atoms with van der Waals surface area (Å²) in [5.41, 5.74) is 1.09. The summed E-state index contributed by atoms with van der Waals surface area (Å²) in [7, 11) is 0. The van der Waals surface area contributed by atoms with E-state index in [0.717, 1.165) is 5.56 Å². The number of hydrogen-bond donors (Lipinski definition) is 2. The van der Waals surface area contributed by atoms with E-state index in [1.165, 1.54) is 24.5 Å². The number of nitro groups is 1. The van der Waals surface area contributed by atoms with Crippen LogP contribution in [0.15, 0.2) is 30.6 Å². The topological polar surface area (TPSA) is 101 Å². The van der Waals surface area contributed by atoms with Crippen molar-refractivity contribution in [2.75, 3.05) is 5.32 Å². The molecule has 92 valence electrons. The van der Waals surface area contributed by atoms with E-state index in [2.05, 4.69) is 15.5 Å². The Morgan fingerprint density at radius 1 is 1.50 bits per heavy atom. The number of rotatable bonds is 3. The SMILES string of the molecule is Cc1ccc(NC(=O)c2cn[nH]c2)c([N+](=O)[O-])c1. The number of aromatic amines is 1. The summed E-state index contributed by atoms with van der Waals surface area (Å²) < 4.78 is 0. The zero-order chi connectivity index (χ0) is 13.1. The van der Waals surface area contributed by atoms with Crippen molar-refractivity contribution in [2.45, 2.75) is 6.92 Å². The Labute approximate surface area is 102 Å². The number of anilines is 1. The van der Waals surface area contributed by atoms with Gasteiger partial charge < -0.3 is 5.32 Å². The van der Waals surface area contributed by atoms with Gasteiger partial charge in [-0.05, 0) is 18.6 Å². The number of hydrogen-bond acceptors (Lipinski definition) is 4. The third kappa shape index (κ3) is 2.34. The first kappa shape index (κ1) is 11.8. The minimum absolute atomic E-state index is 0.133. The van der Waals surface area contributed by atoms with Crippen LogP contribution in [-0.2, 0) is 0 Å². The van der Waals surface area contributed by atoms with E-state index < -0.39 is 10.8 Å². The van der Waals surface area contributed by atoms with E-state index in [0.29, 0.717) is 5.56 Å². The van der Waals surface area contributed by atoms with Gasteiger partial charge in [0.15, 0.2) is 0 Å². The normalized spacial score (nSPS) is 10.1. The van der Waals surface area contributed by atoms with Crippen molar-refractivity contribution < 1.29 is 9.72 Å². The molecule has 0 saturated heterocycles. The van der Waals surface area contributed by atoms with Crippen LogP contribution in [0.3, 0.4) is 0 Å². The number of aryl methyl sites for hydroxylation is 1. The molecule has 0 fully saturated rings. The fraction of sp³-hybridized carbons (Fsp3) is 0.0909. The second-order valence-corrected chi connectivity index (χ2v) is 3.72. The van der Waals surface area contributed by atoms with Crippen molar-refractivity contribution in [3.05, 3.63) is 51.8 Å². The average Bonchev–Trinajstić information content (AvgIpc) is 2.84. The highest BCUT2D eigenvalue weighted by Gasteiger charge is 2.16. The number of amides is 1. The van der Waals surface area contributed by atoms with Crippen molar-refractivity contribution in [3.8, 4) is 0 Å². The first-order valence-corrected chi connectivity index (χ1v) is 5.13. The van der Waals surface area contributed by atoms with Crippen LogP contribution in [0.25, 0.3) is 0 Å². The van der Waals surface area contributed by atoms with Crippen LogP contribution < -0.4 is 5.32 Å². The summed E-state index contributed by atoms with van der Waals surface area (Å²) >= 11 is 0. The Bertz CT molecular complexity index is 592. The monoisotopic (exact) mass is 246 g/mol. The molecule has 0 bridgehead atoms. The molecule has 2 aromatic rings. The van der Waals surface area contributed by atoms with Gasteiger partial charge in [0.25, 0.3) is 11.6 Å². The smallest absolute Gasteiger partial charge is 0.293 e. The largest absolute Gasteiger partial charge is 0.316 e. The van der Waals surface area contributed by atoms with Crippen molar-refractivity contribution in [3.63, 3.8) is 0 Å². The molecule has 2 rings (SSSR count). The molecule has 0 aliphatic heterocycles. The lowest BCUT2D eigenvalue weighted by Gasteiger charge is -2.05. The summed E-state index contributed by atoms with van der Waals surface area (Å²) in [6.07, 6.45) is 2.75. The molecule has 0 spiro atoms. The minimum Gasteiger partial charge on any atom is -0.316 e. The summed E-state index contributed by atoms with van der Waals surface area (Å²) in [5.74, 6) is -0.448. The Hall–Kier alpha value is -2.70.